The molecule has 0 saturated carbocycles. The van der Waals surface area contributed by atoms with E-state index in [1.807, 2.05) is 38.2 Å². The normalized spacial score (nSPS) is 10.9. The third-order valence-corrected chi connectivity index (χ3v) is 4.46. The first-order chi connectivity index (χ1) is 12.5. The first-order valence-electron chi connectivity index (χ1n) is 8.30. The molecule has 1 heterocycles. The van der Waals surface area contributed by atoms with Crippen LogP contribution in [0.25, 0.3) is 0 Å². The molecule has 0 radical (unpaired) electrons. The number of guanidine groups is 1. The van der Waals surface area contributed by atoms with Gasteiger partial charge in [0.25, 0.3) is 5.91 Å². The summed E-state index contributed by atoms with van der Waals surface area (Å²) in [5, 5.41) is 6.50. The maximum absolute atomic E-state index is 10.7. The Morgan fingerprint density at radius 3 is 2.63 bits per heavy atom. The molecule has 1 aromatic carbocycles. The third kappa shape index (κ3) is 8.12. The van der Waals surface area contributed by atoms with Crippen LogP contribution in [0.1, 0.15) is 16.3 Å². The molecule has 148 valence electrons. The molecule has 0 spiro atoms. The number of amides is 1. The van der Waals surface area contributed by atoms with E-state index >= 15 is 0 Å². The second-order valence-corrected chi connectivity index (χ2v) is 6.90. The lowest BCUT2D eigenvalue weighted by molar-refractivity contribution is -0.119. The van der Waals surface area contributed by atoms with Gasteiger partial charge in [-0.2, -0.15) is 0 Å². The van der Waals surface area contributed by atoms with Crippen LogP contribution in [0, 0.1) is 6.92 Å². The van der Waals surface area contributed by atoms with E-state index in [1.165, 1.54) is 0 Å². The van der Waals surface area contributed by atoms with E-state index < -0.39 is 5.91 Å². The molecule has 1 aromatic heterocycles. The van der Waals surface area contributed by atoms with E-state index in [4.69, 9.17) is 10.5 Å². The summed E-state index contributed by atoms with van der Waals surface area (Å²) in [6, 6.07) is 7.62. The van der Waals surface area contributed by atoms with Crippen molar-refractivity contribution in [1.82, 2.24) is 15.2 Å². The van der Waals surface area contributed by atoms with Crippen LogP contribution in [-0.4, -0.2) is 49.0 Å². The van der Waals surface area contributed by atoms with Gasteiger partial charge in [-0.25, -0.2) is 4.98 Å². The van der Waals surface area contributed by atoms with E-state index in [9.17, 15) is 4.79 Å². The smallest absolute Gasteiger partial charge is 0.255 e. The highest BCUT2D eigenvalue weighted by Crippen LogP contribution is 2.12. The molecule has 1 amide bonds. The highest BCUT2D eigenvalue weighted by Gasteiger charge is 2.08. The number of aryl methyl sites for hydroxylation is 1. The van der Waals surface area contributed by atoms with Crippen molar-refractivity contribution in [3.63, 3.8) is 0 Å². The Hall–Kier alpha value is -1.88. The van der Waals surface area contributed by atoms with Gasteiger partial charge in [-0.05, 0) is 31.0 Å². The fraction of sp³-hybridized carbons (Fsp3) is 0.389. The van der Waals surface area contributed by atoms with Crippen molar-refractivity contribution in [2.45, 2.75) is 19.9 Å². The average molecular weight is 503 g/mol. The molecule has 0 aliphatic rings. The van der Waals surface area contributed by atoms with Crippen molar-refractivity contribution in [2.75, 3.05) is 27.2 Å². The van der Waals surface area contributed by atoms with Crippen LogP contribution in [0.2, 0.25) is 0 Å². The summed E-state index contributed by atoms with van der Waals surface area (Å²) in [7, 11) is 3.77. The Kier molecular flexibility index (Phi) is 10.1. The Bertz CT molecular complexity index is 748. The van der Waals surface area contributed by atoms with Crippen LogP contribution in [0.3, 0.4) is 0 Å². The maximum atomic E-state index is 10.7. The van der Waals surface area contributed by atoms with Crippen molar-refractivity contribution in [1.29, 1.82) is 0 Å². The molecule has 9 heteroatoms. The number of hydrogen-bond donors (Lipinski definition) is 2. The fourth-order valence-corrected chi connectivity index (χ4v) is 3.01. The van der Waals surface area contributed by atoms with Gasteiger partial charge in [0, 0.05) is 26.0 Å². The molecule has 27 heavy (non-hydrogen) atoms. The summed E-state index contributed by atoms with van der Waals surface area (Å²) in [5.74, 6) is 0.980. The number of primary amides is 1. The second-order valence-electron chi connectivity index (χ2n) is 5.84. The molecule has 2 rings (SSSR count). The van der Waals surface area contributed by atoms with E-state index in [1.54, 1.807) is 18.4 Å². The van der Waals surface area contributed by atoms with Crippen molar-refractivity contribution in [3.05, 3.63) is 45.9 Å². The number of nitrogens with zero attached hydrogens (tertiary/aromatic N) is 3. The first-order valence-corrected chi connectivity index (χ1v) is 9.18. The molecule has 2 aromatic rings. The Morgan fingerprint density at radius 2 is 2.07 bits per heavy atom. The molecular formula is C18H26IN5O2S. The minimum absolute atomic E-state index is 0. The number of carbonyl (C=O) groups is 1. The number of aliphatic imine (C=N–C) groups is 1. The van der Waals surface area contributed by atoms with E-state index in [-0.39, 0.29) is 30.6 Å². The average Bonchev–Trinajstić information content (AvgIpc) is 3.02. The fourth-order valence-electron chi connectivity index (χ4n) is 2.41. The van der Waals surface area contributed by atoms with E-state index in [0.29, 0.717) is 5.75 Å². The number of carbonyl (C=O) groups excluding carboxylic acids is 1. The van der Waals surface area contributed by atoms with Gasteiger partial charge >= 0.3 is 0 Å². The number of ether oxygens (including phenoxy) is 1. The largest absolute Gasteiger partial charge is 0.484 e. The summed E-state index contributed by atoms with van der Waals surface area (Å²) in [6.45, 7) is 3.37. The zero-order valence-corrected chi connectivity index (χ0v) is 18.9. The van der Waals surface area contributed by atoms with Gasteiger partial charge in [0.1, 0.15) is 5.75 Å². The van der Waals surface area contributed by atoms with Crippen molar-refractivity contribution >= 4 is 47.2 Å². The molecule has 0 unspecified atom stereocenters. The van der Waals surface area contributed by atoms with Gasteiger partial charge in [-0.15, -0.1) is 35.3 Å². The number of halogens is 1. The van der Waals surface area contributed by atoms with E-state index in [0.717, 1.165) is 41.7 Å². The summed E-state index contributed by atoms with van der Waals surface area (Å²) in [5.41, 5.74) is 7.27. The summed E-state index contributed by atoms with van der Waals surface area (Å²) >= 11 is 1.65. The molecular weight excluding hydrogens is 477 g/mol. The predicted molar refractivity (Wildman–Crippen MR) is 120 cm³/mol. The number of rotatable bonds is 8. The third-order valence-electron chi connectivity index (χ3n) is 3.64. The SMILES string of the molecule is CN=C(NCCc1ccc(OCC(N)=O)cc1)N(C)Cc1csc(C)n1.I. The molecule has 3 N–H and O–H groups in total. The molecule has 7 nitrogen and oxygen atoms in total. The zero-order chi connectivity index (χ0) is 18.9. The predicted octanol–water partition coefficient (Wildman–Crippen LogP) is 2.18. The summed E-state index contributed by atoms with van der Waals surface area (Å²) in [4.78, 5) is 21.6. The number of aromatic nitrogens is 1. The minimum atomic E-state index is -0.485. The lowest BCUT2D eigenvalue weighted by Crippen LogP contribution is -2.39. The molecule has 0 aliphatic carbocycles. The topological polar surface area (TPSA) is 92.8 Å². The van der Waals surface area contributed by atoms with Gasteiger partial charge in [-0.1, -0.05) is 12.1 Å². The van der Waals surface area contributed by atoms with Crippen molar-refractivity contribution < 1.29 is 9.53 Å². The van der Waals surface area contributed by atoms with Crippen molar-refractivity contribution in [3.8, 4) is 5.75 Å². The Morgan fingerprint density at radius 1 is 1.37 bits per heavy atom. The number of hydrogen-bond acceptors (Lipinski definition) is 5. The van der Waals surface area contributed by atoms with Crippen LogP contribution in [0.4, 0.5) is 0 Å². The molecule has 0 aliphatic heterocycles. The number of benzene rings is 1. The minimum Gasteiger partial charge on any atom is -0.484 e. The highest BCUT2D eigenvalue weighted by molar-refractivity contribution is 14.0. The van der Waals surface area contributed by atoms with Gasteiger partial charge in [0.2, 0.25) is 0 Å². The van der Waals surface area contributed by atoms with Gasteiger partial charge in [0.05, 0.1) is 17.2 Å². The highest BCUT2D eigenvalue weighted by atomic mass is 127. The second kappa shape index (κ2) is 11.8. The monoisotopic (exact) mass is 503 g/mol. The van der Waals surface area contributed by atoms with Gasteiger partial charge < -0.3 is 20.7 Å². The Labute approximate surface area is 181 Å². The maximum Gasteiger partial charge on any atom is 0.255 e. The lowest BCUT2D eigenvalue weighted by atomic mass is 10.1. The molecule has 0 fully saturated rings. The molecule has 0 saturated heterocycles. The molecule has 0 bridgehead atoms. The Balaban J connectivity index is 0.00000364. The number of thiazole rings is 1. The number of nitrogens with two attached hydrogens (primary N) is 1. The van der Waals surface area contributed by atoms with Crippen LogP contribution in [0.15, 0.2) is 34.6 Å². The standard InChI is InChI=1S/C18H25N5O2S.HI/c1-13-22-15(12-26-13)10-23(3)18(20-2)21-9-8-14-4-6-16(7-5-14)25-11-17(19)24;/h4-7,12H,8-11H2,1-3H3,(H2,19,24)(H,20,21);1H. The van der Waals surface area contributed by atoms with Gasteiger partial charge in [0.15, 0.2) is 12.6 Å². The van der Waals surface area contributed by atoms with Crippen LogP contribution < -0.4 is 15.8 Å². The van der Waals surface area contributed by atoms with Crippen LogP contribution >= 0.6 is 35.3 Å². The summed E-state index contributed by atoms with van der Waals surface area (Å²) in [6.07, 6.45) is 0.846. The first kappa shape index (κ1) is 23.2. The van der Waals surface area contributed by atoms with E-state index in [2.05, 4.69) is 25.6 Å². The summed E-state index contributed by atoms with van der Waals surface area (Å²) < 4.78 is 5.25. The molecule has 0 atom stereocenters. The van der Waals surface area contributed by atoms with Crippen molar-refractivity contribution in [2.24, 2.45) is 10.7 Å². The lowest BCUT2D eigenvalue weighted by Gasteiger charge is -2.21. The quantitative estimate of drug-likeness (QED) is 0.328. The number of nitrogens with one attached hydrogen (secondary N) is 1. The van der Waals surface area contributed by atoms with Crippen LogP contribution in [-0.2, 0) is 17.8 Å². The van der Waals surface area contributed by atoms with Gasteiger partial charge in [-0.3, -0.25) is 9.79 Å². The van der Waals surface area contributed by atoms with Crippen LogP contribution in [0.5, 0.6) is 5.75 Å². The zero-order valence-electron chi connectivity index (χ0n) is 15.8.